The van der Waals surface area contributed by atoms with Crippen molar-refractivity contribution >= 4 is 11.7 Å². The fraction of sp³-hybridized carbons (Fsp3) is 0.417. The SMILES string of the molecule is Cc1c(CN(C)CCC(=O)O)cccc1[N+](=O)[O-]. The average Bonchev–Trinajstić information content (AvgIpc) is 2.29. The lowest BCUT2D eigenvalue weighted by molar-refractivity contribution is -0.385. The van der Waals surface area contributed by atoms with Gasteiger partial charge in [0.1, 0.15) is 0 Å². The molecule has 0 spiro atoms. The number of nitrogens with zero attached hydrogens (tertiary/aromatic N) is 2. The molecule has 1 aromatic rings. The molecule has 0 aliphatic heterocycles. The van der Waals surface area contributed by atoms with E-state index in [0.29, 0.717) is 18.7 Å². The van der Waals surface area contributed by atoms with Gasteiger partial charge >= 0.3 is 5.97 Å². The molecule has 0 bridgehead atoms. The number of carboxylic acid groups (broad SMARTS) is 1. The van der Waals surface area contributed by atoms with Gasteiger partial charge in [0.25, 0.3) is 5.69 Å². The van der Waals surface area contributed by atoms with Gasteiger partial charge in [-0.3, -0.25) is 14.9 Å². The Bertz CT molecular complexity index is 459. The zero-order valence-corrected chi connectivity index (χ0v) is 10.4. The number of nitro benzene ring substituents is 1. The molecular weight excluding hydrogens is 236 g/mol. The van der Waals surface area contributed by atoms with Crippen molar-refractivity contribution in [3.05, 3.63) is 39.4 Å². The second-order valence-corrected chi connectivity index (χ2v) is 4.20. The van der Waals surface area contributed by atoms with Crippen LogP contribution in [0.25, 0.3) is 0 Å². The first kappa shape index (κ1) is 14.1. The third-order valence-corrected chi connectivity index (χ3v) is 2.76. The summed E-state index contributed by atoms with van der Waals surface area (Å²) >= 11 is 0. The van der Waals surface area contributed by atoms with Crippen molar-refractivity contribution in [2.75, 3.05) is 13.6 Å². The fourth-order valence-corrected chi connectivity index (χ4v) is 1.70. The van der Waals surface area contributed by atoms with Crippen molar-refractivity contribution in [1.29, 1.82) is 0 Å². The summed E-state index contributed by atoms with van der Waals surface area (Å²) in [5.41, 5.74) is 1.57. The molecule has 98 valence electrons. The first-order valence-corrected chi connectivity index (χ1v) is 5.55. The normalized spacial score (nSPS) is 10.6. The largest absolute Gasteiger partial charge is 0.481 e. The minimum atomic E-state index is -0.849. The maximum atomic E-state index is 10.8. The zero-order chi connectivity index (χ0) is 13.7. The number of carbonyl (C=O) groups is 1. The van der Waals surface area contributed by atoms with Crippen LogP contribution in [-0.4, -0.2) is 34.5 Å². The lowest BCUT2D eigenvalue weighted by Gasteiger charge is -2.16. The molecule has 1 aromatic carbocycles. The molecule has 0 saturated carbocycles. The summed E-state index contributed by atoms with van der Waals surface area (Å²) in [6.07, 6.45) is 0.0600. The second-order valence-electron chi connectivity index (χ2n) is 4.20. The highest BCUT2D eigenvalue weighted by atomic mass is 16.6. The van der Waals surface area contributed by atoms with E-state index >= 15 is 0 Å². The number of hydrogen-bond donors (Lipinski definition) is 1. The standard InChI is InChI=1S/C12H16N2O4/c1-9-10(4-3-5-11(9)14(17)18)8-13(2)7-6-12(15)16/h3-5H,6-8H2,1-2H3,(H,15,16). The predicted octanol–water partition coefficient (Wildman–Crippen LogP) is 1.81. The number of nitro groups is 1. The van der Waals surface area contributed by atoms with Gasteiger partial charge in [0, 0.05) is 24.7 Å². The van der Waals surface area contributed by atoms with Crippen LogP contribution in [0.5, 0.6) is 0 Å². The van der Waals surface area contributed by atoms with Crippen molar-refractivity contribution in [1.82, 2.24) is 4.90 Å². The van der Waals surface area contributed by atoms with Crippen molar-refractivity contribution in [3.8, 4) is 0 Å². The maximum absolute atomic E-state index is 10.8. The van der Waals surface area contributed by atoms with Gasteiger partial charge in [-0.2, -0.15) is 0 Å². The van der Waals surface area contributed by atoms with E-state index in [1.807, 2.05) is 11.0 Å². The lowest BCUT2D eigenvalue weighted by Crippen LogP contribution is -2.21. The van der Waals surface area contributed by atoms with E-state index in [2.05, 4.69) is 0 Å². The topological polar surface area (TPSA) is 83.7 Å². The Hall–Kier alpha value is -1.95. The van der Waals surface area contributed by atoms with Crippen molar-refractivity contribution in [2.45, 2.75) is 19.9 Å². The molecule has 0 heterocycles. The minimum absolute atomic E-state index is 0.0600. The van der Waals surface area contributed by atoms with Gasteiger partial charge in [-0.15, -0.1) is 0 Å². The molecule has 0 amide bonds. The monoisotopic (exact) mass is 252 g/mol. The summed E-state index contributed by atoms with van der Waals surface area (Å²) in [6, 6.07) is 4.93. The first-order valence-electron chi connectivity index (χ1n) is 5.55. The number of hydrogen-bond acceptors (Lipinski definition) is 4. The highest BCUT2D eigenvalue weighted by molar-refractivity contribution is 5.66. The van der Waals surface area contributed by atoms with Gasteiger partial charge in [0.05, 0.1) is 11.3 Å². The Morgan fingerprint density at radius 3 is 2.72 bits per heavy atom. The van der Waals surface area contributed by atoms with Crippen LogP contribution in [0.15, 0.2) is 18.2 Å². The van der Waals surface area contributed by atoms with Crippen LogP contribution in [0, 0.1) is 17.0 Å². The third-order valence-electron chi connectivity index (χ3n) is 2.76. The molecule has 0 aliphatic rings. The van der Waals surface area contributed by atoms with Gasteiger partial charge in [-0.25, -0.2) is 0 Å². The summed E-state index contributed by atoms with van der Waals surface area (Å²) < 4.78 is 0. The molecule has 18 heavy (non-hydrogen) atoms. The molecule has 1 rings (SSSR count). The van der Waals surface area contributed by atoms with Gasteiger partial charge in [0.2, 0.25) is 0 Å². The van der Waals surface area contributed by atoms with Gasteiger partial charge < -0.3 is 10.0 Å². The highest BCUT2D eigenvalue weighted by Gasteiger charge is 2.14. The van der Waals surface area contributed by atoms with Crippen LogP contribution < -0.4 is 0 Å². The van der Waals surface area contributed by atoms with Crippen molar-refractivity contribution < 1.29 is 14.8 Å². The van der Waals surface area contributed by atoms with Crippen molar-refractivity contribution in [2.24, 2.45) is 0 Å². The molecule has 0 atom stereocenters. The number of aliphatic carboxylic acids is 1. The van der Waals surface area contributed by atoms with Crippen LogP contribution >= 0.6 is 0 Å². The summed E-state index contributed by atoms with van der Waals surface area (Å²) in [5.74, 6) is -0.849. The van der Waals surface area contributed by atoms with Gasteiger partial charge in [0.15, 0.2) is 0 Å². The molecule has 6 heteroatoms. The Morgan fingerprint density at radius 2 is 2.17 bits per heavy atom. The summed E-state index contributed by atoms with van der Waals surface area (Å²) in [6.45, 7) is 2.62. The third kappa shape index (κ3) is 3.81. The fourth-order valence-electron chi connectivity index (χ4n) is 1.70. The minimum Gasteiger partial charge on any atom is -0.481 e. The van der Waals surface area contributed by atoms with E-state index in [0.717, 1.165) is 5.56 Å². The predicted molar refractivity (Wildman–Crippen MR) is 66.4 cm³/mol. The smallest absolute Gasteiger partial charge is 0.304 e. The van der Waals surface area contributed by atoms with Crippen molar-refractivity contribution in [3.63, 3.8) is 0 Å². The molecule has 0 aliphatic carbocycles. The number of carboxylic acids is 1. The van der Waals surface area contributed by atoms with Crippen LogP contribution in [-0.2, 0) is 11.3 Å². The van der Waals surface area contributed by atoms with E-state index < -0.39 is 10.9 Å². The lowest BCUT2D eigenvalue weighted by atomic mass is 10.1. The molecule has 0 fully saturated rings. The van der Waals surface area contributed by atoms with E-state index in [4.69, 9.17) is 5.11 Å². The molecule has 0 unspecified atom stereocenters. The van der Waals surface area contributed by atoms with E-state index in [1.54, 1.807) is 20.0 Å². The Balaban J connectivity index is 2.75. The Morgan fingerprint density at radius 1 is 1.50 bits per heavy atom. The number of benzene rings is 1. The second kappa shape index (κ2) is 6.11. The summed E-state index contributed by atoms with van der Waals surface area (Å²) in [7, 11) is 1.79. The molecule has 1 N–H and O–H groups in total. The van der Waals surface area contributed by atoms with Crippen LogP contribution in [0.3, 0.4) is 0 Å². The zero-order valence-electron chi connectivity index (χ0n) is 10.4. The summed E-state index contributed by atoms with van der Waals surface area (Å²) in [5, 5.41) is 19.4. The van der Waals surface area contributed by atoms with E-state index in [-0.39, 0.29) is 12.1 Å². The quantitative estimate of drug-likeness (QED) is 0.616. The van der Waals surface area contributed by atoms with Crippen LogP contribution in [0.1, 0.15) is 17.5 Å². The molecular formula is C12H16N2O4. The average molecular weight is 252 g/mol. The molecule has 0 aromatic heterocycles. The summed E-state index contributed by atoms with van der Waals surface area (Å²) in [4.78, 5) is 22.7. The van der Waals surface area contributed by atoms with E-state index in [9.17, 15) is 14.9 Å². The number of rotatable bonds is 6. The van der Waals surface area contributed by atoms with Gasteiger partial charge in [-0.1, -0.05) is 12.1 Å². The highest BCUT2D eigenvalue weighted by Crippen LogP contribution is 2.21. The van der Waals surface area contributed by atoms with Crippen LogP contribution in [0.4, 0.5) is 5.69 Å². The Kier molecular flexibility index (Phi) is 4.79. The molecule has 0 saturated heterocycles. The Labute approximate surface area is 105 Å². The first-order chi connectivity index (χ1) is 8.41. The maximum Gasteiger partial charge on any atom is 0.304 e. The molecule has 0 radical (unpaired) electrons. The van der Waals surface area contributed by atoms with Gasteiger partial charge in [-0.05, 0) is 19.5 Å². The van der Waals surface area contributed by atoms with E-state index in [1.165, 1.54) is 6.07 Å². The van der Waals surface area contributed by atoms with Crippen LogP contribution in [0.2, 0.25) is 0 Å². The molecule has 6 nitrogen and oxygen atoms in total.